The quantitative estimate of drug-likeness (QED) is 0.720. The highest BCUT2D eigenvalue weighted by atomic mass is 32.2. The lowest BCUT2D eigenvalue weighted by atomic mass is 10.2. The highest BCUT2D eigenvalue weighted by Gasteiger charge is 2.07. The molecule has 0 bridgehead atoms. The number of aliphatic hydroxyl groups is 1. The normalized spacial score (nSPS) is 13.0. The molecule has 1 aromatic heterocycles. The van der Waals surface area contributed by atoms with E-state index in [2.05, 4.69) is 16.7 Å². The largest absolute Gasteiger partial charge is 0.396 e. The van der Waals surface area contributed by atoms with Crippen molar-refractivity contribution in [2.45, 2.75) is 19.0 Å². The smallest absolute Gasteiger partial charge is 0.0762 e. The summed E-state index contributed by atoms with van der Waals surface area (Å²) in [4.78, 5) is 0. The van der Waals surface area contributed by atoms with Crippen LogP contribution in [-0.2, 0) is 13.6 Å². The summed E-state index contributed by atoms with van der Waals surface area (Å²) < 4.78 is 1.80. The minimum atomic E-state index is 0.237. The molecule has 0 aromatic carbocycles. The van der Waals surface area contributed by atoms with Crippen molar-refractivity contribution < 1.29 is 5.11 Å². The van der Waals surface area contributed by atoms with Gasteiger partial charge in [-0.15, -0.1) is 0 Å². The number of thioether (sulfide) groups is 1. The molecule has 86 valence electrons. The van der Waals surface area contributed by atoms with Gasteiger partial charge in [0, 0.05) is 38.2 Å². The zero-order chi connectivity index (χ0) is 11.1. The molecule has 0 saturated carbocycles. The van der Waals surface area contributed by atoms with E-state index in [1.165, 1.54) is 0 Å². The van der Waals surface area contributed by atoms with E-state index in [1.54, 1.807) is 16.4 Å². The van der Waals surface area contributed by atoms with Crippen molar-refractivity contribution in [2.24, 2.45) is 7.05 Å². The molecule has 1 aromatic rings. The second kappa shape index (κ2) is 6.87. The minimum absolute atomic E-state index is 0.237. The zero-order valence-electron chi connectivity index (χ0n) is 9.31. The van der Waals surface area contributed by atoms with Crippen LogP contribution < -0.4 is 5.32 Å². The van der Waals surface area contributed by atoms with Gasteiger partial charge in [-0.1, -0.05) is 0 Å². The summed E-state index contributed by atoms with van der Waals surface area (Å²) in [6, 6.07) is 2.37. The molecule has 0 fully saturated rings. The SMILES string of the molecule is CSCC(CCO)NCc1ccn(C)n1. The number of nitrogens with zero attached hydrogens (tertiary/aromatic N) is 2. The molecule has 15 heavy (non-hydrogen) atoms. The second-order valence-corrected chi connectivity index (χ2v) is 4.44. The van der Waals surface area contributed by atoms with Gasteiger partial charge in [0.2, 0.25) is 0 Å². The van der Waals surface area contributed by atoms with Gasteiger partial charge in [-0.05, 0) is 18.7 Å². The average molecular weight is 229 g/mol. The second-order valence-electron chi connectivity index (χ2n) is 3.53. The molecule has 0 aliphatic carbocycles. The summed E-state index contributed by atoms with van der Waals surface area (Å²) in [5, 5.41) is 16.6. The molecule has 0 amide bonds. The Morgan fingerprint density at radius 2 is 2.47 bits per heavy atom. The predicted molar refractivity (Wildman–Crippen MR) is 63.9 cm³/mol. The van der Waals surface area contributed by atoms with Gasteiger partial charge in [-0.3, -0.25) is 4.68 Å². The molecule has 0 aliphatic heterocycles. The highest BCUT2D eigenvalue weighted by molar-refractivity contribution is 7.98. The molecule has 1 atom stereocenters. The molecule has 2 N–H and O–H groups in total. The Bertz CT molecular complexity index is 271. The number of nitrogens with one attached hydrogen (secondary N) is 1. The Labute approximate surface area is 95.1 Å². The fraction of sp³-hybridized carbons (Fsp3) is 0.700. The lowest BCUT2D eigenvalue weighted by Gasteiger charge is -2.15. The van der Waals surface area contributed by atoms with Crippen LogP contribution in [0.5, 0.6) is 0 Å². The summed E-state index contributed by atoms with van der Waals surface area (Å²) in [5.74, 6) is 1.02. The van der Waals surface area contributed by atoms with Crippen molar-refractivity contribution >= 4 is 11.8 Å². The van der Waals surface area contributed by atoms with Gasteiger partial charge in [0.15, 0.2) is 0 Å². The van der Waals surface area contributed by atoms with Gasteiger partial charge in [-0.25, -0.2) is 0 Å². The molecule has 1 heterocycles. The molecule has 0 aliphatic rings. The molecular weight excluding hydrogens is 210 g/mol. The third kappa shape index (κ3) is 4.68. The first-order valence-electron chi connectivity index (χ1n) is 5.08. The Hall–Kier alpha value is -0.520. The molecule has 0 saturated heterocycles. The topological polar surface area (TPSA) is 50.1 Å². The fourth-order valence-corrected chi connectivity index (χ4v) is 2.09. The number of aliphatic hydroxyl groups excluding tert-OH is 1. The number of hydrogen-bond donors (Lipinski definition) is 2. The van der Waals surface area contributed by atoms with Gasteiger partial charge < -0.3 is 10.4 Å². The standard InChI is InChI=1S/C10H19N3OS/c1-13-5-3-9(12-13)7-11-10(4-6-14)8-15-2/h3,5,10-11,14H,4,6-8H2,1-2H3. The maximum absolute atomic E-state index is 8.90. The van der Waals surface area contributed by atoms with Crippen molar-refractivity contribution in [1.82, 2.24) is 15.1 Å². The van der Waals surface area contributed by atoms with Crippen LogP contribution in [0.1, 0.15) is 12.1 Å². The molecule has 0 radical (unpaired) electrons. The average Bonchev–Trinajstić information content (AvgIpc) is 2.61. The zero-order valence-corrected chi connectivity index (χ0v) is 10.1. The van der Waals surface area contributed by atoms with E-state index < -0.39 is 0 Å². The van der Waals surface area contributed by atoms with Crippen LogP contribution in [0.15, 0.2) is 12.3 Å². The molecule has 0 spiro atoms. The monoisotopic (exact) mass is 229 g/mol. The van der Waals surface area contributed by atoms with Gasteiger partial charge in [0.1, 0.15) is 0 Å². The molecule has 1 unspecified atom stereocenters. The van der Waals surface area contributed by atoms with E-state index in [0.29, 0.717) is 6.04 Å². The summed E-state index contributed by atoms with van der Waals surface area (Å²) in [7, 11) is 1.91. The van der Waals surface area contributed by atoms with Crippen molar-refractivity contribution in [3.05, 3.63) is 18.0 Å². The third-order valence-electron chi connectivity index (χ3n) is 2.19. The highest BCUT2D eigenvalue weighted by Crippen LogP contribution is 2.03. The van der Waals surface area contributed by atoms with Crippen molar-refractivity contribution in [2.75, 3.05) is 18.6 Å². The van der Waals surface area contributed by atoms with E-state index in [4.69, 9.17) is 5.11 Å². The number of aryl methyl sites for hydroxylation is 1. The van der Waals surface area contributed by atoms with Crippen LogP contribution >= 0.6 is 11.8 Å². The summed E-state index contributed by atoms with van der Waals surface area (Å²) in [6.45, 7) is 1.01. The molecule has 5 heteroatoms. The lowest BCUT2D eigenvalue weighted by molar-refractivity contribution is 0.269. The summed E-state index contributed by atoms with van der Waals surface area (Å²) >= 11 is 1.79. The van der Waals surface area contributed by atoms with Gasteiger partial charge >= 0.3 is 0 Å². The first-order chi connectivity index (χ1) is 7.26. The Morgan fingerprint density at radius 3 is 3.00 bits per heavy atom. The first-order valence-corrected chi connectivity index (χ1v) is 6.47. The van der Waals surface area contributed by atoms with Crippen LogP contribution in [0.2, 0.25) is 0 Å². The summed E-state index contributed by atoms with van der Waals surface area (Å²) in [5.41, 5.74) is 1.04. The van der Waals surface area contributed by atoms with Gasteiger partial charge in [0.05, 0.1) is 5.69 Å². The number of hydrogen-bond acceptors (Lipinski definition) is 4. The number of aromatic nitrogens is 2. The Kier molecular flexibility index (Phi) is 5.75. The van der Waals surface area contributed by atoms with Gasteiger partial charge in [0.25, 0.3) is 0 Å². The van der Waals surface area contributed by atoms with E-state index >= 15 is 0 Å². The summed E-state index contributed by atoms with van der Waals surface area (Å²) in [6.07, 6.45) is 4.81. The molecule has 1 rings (SSSR count). The van der Waals surface area contributed by atoms with Crippen LogP contribution in [0.3, 0.4) is 0 Å². The van der Waals surface area contributed by atoms with Gasteiger partial charge in [-0.2, -0.15) is 16.9 Å². The van der Waals surface area contributed by atoms with Crippen LogP contribution in [0.4, 0.5) is 0 Å². The molecule has 4 nitrogen and oxygen atoms in total. The van der Waals surface area contributed by atoms with Crippen LogP contribution in [0.25, 0.3) is 0 Å². The van der Waals surface area contributed by atoms with E-state index in [9.17, 15) is 0 Å². The predicted octanol–water partition coefficient (Wildman–Crippen LogP) is 0.624. The Morgan fingerprint density at radius 1 is 1.67 bits per heavy atom. The Balaban J connectivity index is 2.32. The van der Waals surface area contributed by atoms with E-state index in [0.717, 1.165) is 24.4 Å². The molecular formula is C10H19N3OS. The fourth-order valence-electron chi connectivity index (χ4n) is 1.41. The van der Waals surface area contributed by atoms with Crippen LogP contribution in [0, 0.1) is 0 Å². The van der Waals surface area contributed by atoms with E-state index in [-0.39, 0.29) is 6.61 Å². The minimum Gasteiger partial charge on any atom is -0.396 e. The van der Waals surface area contributed by atoms with E-state index in [1.807, 2.05) is 19.3 Å². The number of rotatable bonds is 7. The first kappa shape index (κ1) is 12.5. The van der Waals surface area contributed by atoms with Crippen molar-refractivity contribution in [3.8, 4) is 0 Å². The van der Waals surface area contributed by atoms with Crippen molar-refractivity contribution in [1.29, 1.82) is 0 Å². The lowest BCUT2D eigenvalue weighted by Crippen LogP contribution is -2.32. The van der Waals surface area contributed by atoms with Crippen molar-refractivity contribution in [3.63, 3.8) is 0 Å². The third-order valence-corrected chi connectivity index (χ3v) is 2.92. The van der Waals surface area contributed by atoms with Crippen LogP contribution in [-0.4, -0.2) is 39.5 Å². The maximum atomic E-state index is 8.90. The maximum Gasteiger partial charge on any atom is 0.0762 e.